The van der Waals surface area contributed by atoms with Gasteiger partial charge in [0.1, 0.15) is 6.10 Å². The fourth-order valence-electron chi connectivity index (χ4n) is 7.51. The number of nitrogens with one attached hydrogen (secondary N) is 1. The Morgan fingerprint density at radius 2 is 1.85 bits per heavy atom. The van der Waals surface area contributed by atoms with E-state index in [1.807, 2.05) is 12.1 Å². The molecule has 220 valence electrons. The number of unbranched alkanes of at least 4 members (excludes halogenated alkanes) is 2. The second-order valence-corrected chi connectivity index (χ2v) is 12.8. The van der Waals surface area contributed by atoms with E-state index in [1.165, 1.54) is 0 Å². The average molecular weight is 582 g/mol. The lowest BCUT2D eigenvalue weighted by atomic mass is 9.47. The van der Waals surface area contributed by atoms with Crippen molar-refractivity contribution in [1.82, 2.24) is 0 Å². The van der Waals surface area contributed by atoms with Crippen molar-refractivity contribution in [3.63, 3.8) is 0 Å². The highest BCUT2D eigenvalue weighted by molar-refractivity contribution is 7.87. The first-order valence-corrected chi connectivity index (χ1v) is 14.8. The Kier molecular flexibility index (Phi) is 8.19. The van der Waals surface area contributed by atoms with Crippen molar-refractivity contribution in [2.75, 3.05) is 4.72 Å². The van der Waals surface area contributed by atoms with Gasteiger partial charge in [0.25, 0.3) is 0 Å². The summed E-state index contributed by atoms with van der Waals surface area (Å²) in [5, 5.41) is 20.3. The summed E-state index contributed by atoms with van der Waals surface area (Å²) in [6, 6.07) is 5.23. The summed E-state index contributed by atoms with van der Waals surface area (Å²) in [6.45, 7) is 2.12. The van der Waals surface area contributed by atoms with Crippen LogP contribution >= 0.6 is 0 Å². The zero-order chi connectivity index (χ0) is 28.9. The highest BCUT2D eigenvalue weighted by atomic mass is 32.2. The summed E-state index contributed by atoms with van der Waals surface area (Å²) in [5.74, 6) is -4.85. The zero-order valence-corrected chi connectivity index (χ0v) is 22.5. The highest BCUT2D eigenvalue weighted by Gasteiger charge is 2.62. The number of benzene rings is 1. The smallest absolute Gasteiger partial charge is 0.393 e. The monoisotopic (exact) mass is 581 g/mol. The first-order chi connectivity index (χ1) is 18.0. The van der Waals surface area contributed by atoms with Crippen LogP contribution < -0.4 is 4.72 Å². The molecule has 6 atom stereocenters. The largest absolute Gasteiger partial charge is 0.456 e. The van der Waals surface area contributed by atoms with Gasteiger partial charge in [0.15, 0.2) is 0 Å². The molecule has 0 saturated heterocycles. The molecule has 2 fully saturated rings. The molecule has 3 aliphatic rings. The van der Waals surface area contributed by atoms with Gasteiger partial charge in [-0.1, -0.05) is 31.6 Å². The van der Waals surface area contributed by atoms with E-state index in [2.05, 4.69) is 17.7 Å². The van der Waals surface area contributed by atoms with Crippen molar-refractivity contribution in [2.45, 2.75) is 101 Å². The molecule has 0 amide bonds. The Bertz CT molecular complexity index is 1190. The minimum atomic E-state index is -5.79. The fourth-order valence-corrected chi connectivity index (χ4v) is 7.94. The van der Waals surface area contributed by atoms with Crippen LogP contribution in [0.25, 0.3) is 0 Å². The number of aliphatic hydroxyl groups excluding tert-OH is 2. The van der Waals surface area contributed by atoms with E-state index < -0.39 is 41.0 Å². The zero-order valence-electron chi connectivity index (χ0n) is 21.7. The van der Waals surface area contributed by atoms with Crippen molar-refractivity contribution in [3.05, 3.63) is 41.5 Å². The SMILES string of the molecule is C[C@]12CCC3c4ccc(NS(=O)(=O)O)cc4CCC3(C=CCCCC[C@H](O)C(F)(F)C(F)(F)F)C1CC[C@@H]2O. The summed E-state index contributed by atoms with van der Waals surface area (Å²) < 4.78 is 97.8. The lowest BCUT2D eigenvalue weighted by Crippen LogP contribution is -2.50. The molecule has 0 aliphatic heterocycles. The molecule has 0 radical (unpaired) electrons. The predicted molar refractivity (Wildman–Crippen MR) is 136 cm³/mol. The molecule has 0 bridgehead atoms. The fraction of sp³-hybridized carbons (Fsp3) is 0.704. The van der Waals surface area contributed by atoms with Crippen LogP contribution in [-0.2, 0) is 16.7 Å². The van der Waals surface area contributed by atoms with Crippen LogP contribution in [0.2, 0.25) is 0 Å². The number of fused-ring (bicyclic) bond motifs is 5. The number of hydrogen-bond acceptors (Lipinski definition) is 4. The molecule has 1 aromatic carbocycles. The third-order valence-electron chi connectivity index (χ3n) is 9.47. The van der Waals surface area contributed by atoms with E-state index in [0.29, 0.717) is 25.7 Å². The molecule has 4 N–H and O–H groups in total. The molecule has 6 nitrogen and oxygen atoms in total. The number of rotatable bonds is 9. The van der Waals surface area contributed by atoms with Crippen LogP contribution in [-0.4, -0.2) is 47.5 Å². The van der Waals surface area contributed by atoms with Gasteiger partial charge in [-0.2, -0.15) is 30.4 Å². The van der Waals surface area contributed by atoms with Crippen LogP contribution in [0.3, 0.4) is 0 Å². The van der Waals surface area contributed by atoms with E-state index in [-0.39, 0.29) is 34.8 Å². The third-order valence-corrected chi connectivity index (χ3v) is 9.96. The Balaban J connectivity index is 1.52. The minimum absolute atomic E-state index is 0.0137. The molecule has 4 rings (SSSR count). The summed E-state index contributed by atoms with van der Waals surface area (Å²) in [7, 11) is -4.41. The number of alkyl halides is 5. The summed E-state index contributed by atoms with van der Waals surface area (Å²) in [5.41, 5.74) is 1.79. The summed E-state index contributed by atoms with van der Waals surface area (Å²) in [4.78, 5) is 0. The predicted octanol–water partition coefficient (Wildman–Crippen LogP) is 6.16. The molecule has 2 saturated carbocycles. The number of hydrogen-bond donors (Lipinski definition) is 4. The molecule has 39 heavy (non-hydrogen) atoms. The summed E-state index contributed by atoms with van der Waals surface area (Å²) in [6.07, 6.45) is -0.154. The number of halogens is 5. The molecule has 3 aliphatic carbocycles. The third kappa shape index (κ3) is 5.71. The van der Waals surface area contributed by atoms with Crippen LogP contribution in [0, 0.1) is 16.7 Å². The second-order valence-electron chi connectivity index (χ2n) is 11.7. The van der Waals surface area contributed by atoms with Gasteiger partial charge in [-0.25, -0.2) is 0 Å². The number of allylic oxidation sites excluding steroid dienone is 2. The van der Waals surface area contributed by atoms with Gasteiger partial charge in [0.2, 0.25) is 0 Å². The molecule has 0 aromatic heterocycles. The molecule has 1 aromatic rings. The van der Waals surface area contributed by atoms with Crippen LogP contribution in [0.4, 0.5) is 27.6 Å². The number of aryl methyl sites for hydroxylation is 1. The Hall–Kier alpha value is -1.76. The molecule has 12 heteroatoms. The second kappa shape index (κ2) is 10.6. The van der Waals surface area contributed by atoms with Gasteiger partial charge in [-0.15, -0.1) is 0 Å². The maximum absolute atomic E-state index is 13.3. The number of aliphatic hydroxyl groups is 2. The van der Waals surface area contributed by atoms with Gasteiger partial charge < -0.3 is 10.2 Å². The van der Waals surface area contributed by atoms with Gasteiger partial charge >= 0.3 is 22.4 Å². The Labute approximate surface area is 225 Å². The van der Waals surface area contributed by atoms with Crippen molar-refractivity contribution in [3.8, 4) is 0 Å². The highest BCUT2D eigenvalue weighted by Crippen LogP contribution is 2.67. The van der Waals surface area contributed by atoms with Crippen LogP contribution in [0.5, 0.6) is 0 Å². The summed E-state index contributed by atoms with van der Waals surface area (Å²) >= 11 is 0. The van der Waals surface area contributed by atoms with Crippen molar-refractivity contribution < 1.29 is 45.1 Å². The van der Waals surface area contributed by atoms with Gasteiger partial charge in [0, 0.05) is 0 Å². The minimum Gasteiger partial charge on any atom is -0.393 e. The maximum atomic E-state index is 13.3. The standard InChI is InChI=1S/C27H36F5NO5S/c1-24-14-12-20-19-8-7-18(33-39(36,37)38)16-17(19)11-15-25(20,21(24)9-10-22(24)34)13-5-3-2-4-6-23(35)26(28,29)27(30,31)32/h5,7-8,13,16,20-23,33-35H,2-4,6,9-12,14-15H2,1H3,(H,36,37,38)/t20?,21?,22-,23-,24-,25?/m0/s1. The van der Waals surface area contributed by atoms with E-state index in [0.717, 1.165) is 36.8 Å². The van der Waals surface area contributed by atoms with Crippen LogP contribution in [0.1, 0.15) is 81.8 Å². The molecule has 0 heterocycles. The van der Waals surface area contributed by atoms with E-state index in [4.69, 9.17) is 4.55 Å². The first-order valence-electron chi connectivity index (χ1n) is 13.4. The van der Waals surface area contributed by atoms with Gasteiger partial charge in [-0.05, 0) is 104 Å². The van der Waals surface area contributed by atoms with E-state index in [9.17, 15) is 40.6 Å². The molecular weight excluding hydrogens is 545 g/mol. The molecular formula is C27H36F5NO5S. The lowest BCUT2D eigenvalue weighted by Gasteiger charge is -2.57. The normalized spacial score (nSPS) is 32.0. The van der Waals surface area contributed by atoms with Crippen LogP contribution in [0.15, 0.2) is 30.4 Å². The van der Waals surface area contributed by atoms with Gasteiger partial charge in [-0.3, -0.25) is 9.27 Å². The maximum Gasteiger partial charge on any atom is 0.456 e. The van der Waals surface area contributed by atoms with Crippen molar-refractivity contribution >= 4 is 16.0 Å². The number of anilines is 1. The average Bonchev–Trinajstić information content (AvgIpc) is 3.14. The van der Waals surface area contributed by atoms with Crippen molar-refractivity contribution in [2.24, 2.45) is 16.7 Å². The van der Waals surface area contributed by atoms with Crippen molar-refractivity contribution in [1.29, 1.82) is 0 Å². The topological polar surface area (TPSA) is 107 Å². The quantitative estimate of drug-likeness (QED) is 0.121. The lowest BCUT2D eigenvalue weighted by molar-refractivity contribution is -0.313. The molecule has 3 unspecified atom stereocenters. The Morgan fingerprint density at radius 1 is 1.13 bits per heavy atom. The molecule has 0 spiro atoms. The van der Waals surface area contributed by atoms with E-state index >= 15 is 0 Å². The van der Waals surface area contributed by atoms with Gasteiger partial charge in [0.05, 0.1) is 11.8 Å². The Morgan fingerprint density at radius 3 is 2.51 bits per heavy atom. The van der Waals surface area contributed by atoms with E-state index in [1.54, 1.807) is 12.1 Å². The first kappa shape index (κ1) is 30.2.